The summed E-state index contributed by atoms with van der Waals surface area (Å²) < 4.78 is 72.8. The Hall–Kier alpha value is -5.19. The van der Waals surface area contributed by atoms with Gasteiger partial charge in [-0.1, -0.05) is 50.3 Å². The van der Waals surface area contributed by atoms with Crippen LogP contribution in [0.4, 0.5) is 18.9 Å². The second-order valence-corrected chi connectivity index (χ2v) is 14.0. The Labute approximate surface area is 306 Å². The molecule has 1 saturated heterocycles. The highest BCUT2D eigenvalue weighted by molar-refractivity contribution is 6.10. The molecule has 1 unspecified atom stereocenters. The number of rotatable bonds is 8. The van der Waals surface area contributed by atoms with Gasteiger partial charge in [-0.25, -0.2) is 0 Å². The molecule has 0 spiro atoms. The first-order valence-electron chi connectivity index (χ1n) is 17.6. The highest BCUT2D eigenvalue weighted by Crippen LogP contribution is 2.59. The predicted molar refractivity (Wildman–Crippen MR) is 199 cm³/mol. The van der Waals surface area contributed by atoms with E-state index in [1.807, 2.05) is 74.5 Å². The summed E-state index contributed by atoms with van der Waals surface area (Å²) in [5.41, 5.74) is 3.92. The molecule has 1 fully saturated rings. The summed E-state index contributed by atoms with van der Waals surface area (Å²) in [6.07, 6.45) is -0.414. The number of nitrogens with zero attached hydrogens (tertiary/aromatic N) is 1. The molecule has 274 valence electrons. The van der Waals surface area contributed by atoms with E-state index in [1.165, 1.54) is 12.1 Å². The van der Waals surface area contributed by atoms with Crippen LogP contribution in [0.1, 0.15) is 47.2 Å². The standard InChI is InChI=1S/C43H40F3NO6/c1-41(2)35-23-28(43(44,45)46)9-14-31(35)38-33-24-36(47-17-20-51-21-18-47)37(50-4)25-34(33)40-32(39(38)41)15-16-42(53-40,26-5-10-29(49-3)11-6-26)27-7-12-30(13-8-27)52-22-19-48/h5-16,23-25,48H,17-22H2,1-4H3. The van der Waals surface area contributed by atoms with Crippen LogP contribution < -0.4 is 23.8 Å². The predicted octanol–water partition coefficient (Wildman–Crippen LogP) is 8.74. The summed E-state index contributed by atoms with van der Waals surface area (Å²) in [6.45, 7) is 6.52. The van der Waals surface area contributed by atoms with Crippen molar-refractivity contribution in [3.8, 4) is 34.1 Å². The van der Waals surface area contributed by atoms with Crippen molar-refractivity contribution in [2.24, 2.45) is 0 Å². The zero-order chi connectivity index (χ0) is 37.1. The fourth-order valence-electron chi connectivity index (χ4n) is 8.17. The van der Waals surface area contributed by atoms with Gasteiger partial charge in [0, 0.05) is 40.6 Å². The van der Waals surface area contributed by atoms with E-state index in [4.69, 9.17) is 23.7 Å². The lowest BCUT2D eigenvalue weighted by atomic mass is 9.76. The van der Waals surface area contributed by atoms with Crippen LogP contribution in [0, 0.1) is 0 Å². The van der Waals surface area contributed by atoms with Gasteiger partial charge in [0.05, 0.1) is 45.3 Å². The van der Waals surface area contributed by atoms with Gasteiger partial charge in [-0.2, -0.15) is 13.2 Å². The van der Waals surface area contributed by atoms with Gasteiger partial charge < -0.3 is 33.7 Å². The van der Waals surface area contributed by atoms with Gasteiger partial charge in [-0.15, -0.1) is 0 Å². The third kappa shape index (κ3) is 5.66. The van der Waals surface area contributed by atoms with Gasteiger partial charge in [-0.3, -0.25) is 0 Å². The van der Waals surface area contributed by atoms with Crippen molar-refractivity contribution in [2.45, 2.75) is 31.0 Å². The summed E-state index contributed by atoms with van der Waals surface area (Å²) in [5.74, 6) is 2.55. The van der Waals surface area contributed by atoms with E-state index in [-0.39, 0.29) is 13.2 Å². The number of morpholine rings is 1. The topological polar surface area (TPSA) is 69.6 Å². The molecule has 0 bridgehead atoms. The van der Waals surface area contributed by atoms with Gasteiger partial charge >= 0.3 is 6.18 Å². The van der Waals surface area contributed by atoms with Gasteiger partial charge in [-0.05, 0) is 82.2 Å². The maximum Gasteiger partial charge on any atom is 0.416 e. The number of methoxy groups -OCH3 is 2. The van der Waals surface area contributed by atoms with E-state index in [1.54, 1.807) is 20.3 Å². The van der Waals surface area contributed by atoms with Crippen molar-refractivity contribution in [3.63, 3.8) is 0 Å². The quantitative estimate of drug-likeness (QED) is 0.172. The Morgan fingerprint density at radius 3 is 2.13 bits per heavy atom. The molecule has 3 aliphatic rings. The first-order chi connectivity index (χ1) is 25.5. The normalized spacial score (nSPS) is 18.6. The minimum absolute atomic E-state index is 0.105. The molecule has 0 saturated carbocycles. The number of hydrogen-bond donors (Lipinski definition) is 1. The number of fused-ring (bicyclic) bond motifs is 8. The smallest absolute Gasteiger partial charge is 0.416 e. The molecule has 2 aliphatic heterocycles. The minimum Gasteiger partial charge on any atom is -0.497 e. The molecule has 0 aromatic heterocycles. The Kier molecular flexibility index (Phi) is 8.58. The van der Waals surface area contributed by atoms with Crippen LogP contribution >= 0.6 is 0 Å². The van der Waals surface area contributed by atoms with Crippen molar-refractivity contribution in [3.05, 3.63) is 118 Å². The summed E-state index contributed by atoms with van der Waals surface area (Å²) in [6, 6.07) is 23.5. The van der Waals surface area contributed by atoms with E-state index >= 15 is 0 Å². The summed E-state index contributed by atoms with van der Waals surface area (Å²) in [5, 5.41) is 10.9. The summed E-state index contributed by atoms with van der Waals surface area (Å²) in [4.78, 5) is 2.23. The highest BCUT2D eigenvalue weighted by Gasteiger charge is 2.46. The third-order valence-electron chi connectivity index (χ3n) is 10.8. The maximum atomic E-state index is 14.2. The van der Waals surface area contributed by atoms with Crippen molar-refractivity contribution in [1.82, 2.24) is 0 Å². The molecule has 10 heteroatoms. The van der Waals surface area contributed by atoms with E-state index < -0.39 is 22.8 Å². The van der Waals surface area contributed by atoms with Crippen LogP contribution in [0.3, 0.4) is 0 Å². The Bertz CT molecular complexity index is 2220. The van der Waals surface area contributed by atoms with Crippen LogP contribution in [0.2, 0.25) is 0 Å². The van der Waals surface area contributed by atoms with Crippen molar-refractivity contribution < 1.29 is 42.0 Å². The second kappa shape index (κ2) is 13.0. The van der Waals surface area contributed by atoms with Crippen LogP contribution in [0.5, 0.6) is 23.0 Å². The number of aliphatic hydroxyl groups excluding tert-OH is 1. The van der Waals surface area contributed by atoms with Gasteiger partial charge in [0.25, 0.3) is 0 Å². The van der Waals surface area contributed by atoms with E-state index in [9.17, 15) is 18.3 Å². The third-order valence-corrected chi connectivity index (χ3v) is 10.8. The van der Waals surface area contributed by atoms with Crippen LogP contribution in [-0.2, 0) is 21.9 Å². The van der Waals surface area contributed by atoms with Gasteiger partial charge in [0.1, 0.15) is 29.6 Å². The van der Waals surface area contributed by atoms with E-state index in [2.05, 4.69) is 17.0 Å². The number of halogens is 3. The molecule has 0 amide bonds. The number of hydrogen-bond acceptors (Lipinski definition) is 7. The first-order valence-corrected chi connectivity index (χ1v) is 17.6. The molecule has 0 radical (unpaired) electrons. The first kappa shape index (κ1) is 34.9. The van der Waals surface area contributed by atoms with Crippen molar-refractivity contribution >= 4 is 22.5 Å². The number of aliphatic hydroxyl groups is 1. The van der Waals surface area contributed by atoms with E-state index in [0.29, 0.717) is 54.9 Å². The molecule has 1 N–H and O–H groups in total. The van der Waals surface area contributed by atoms with Gasteiger partial charge in [0.2, 0.25) is 0 Å². The SMILES string of the molecule is COc1ccc(C2(c3ccc(OCCO)cc3)C=Cc3c4c(c5cc(N6CCOCC6)c(OC)cc5c3O2)-c2ccc(C(F)(F)F)cc2C4(C)C)cc1. The molecule has 2 heterocycles. The molecule has 53 heavy (non-hydrogen) atoms. The molecule has 1 atom stereocenters. The lowest BCUT2D eigenvalue weighted by molar-refractivity contribution is -0.137. The monoisotopic (exact) mass is 723 g/mol. The molecular formula is C43H40F3NO6. The Morgan fingerprint density at radius 1 is 0.830 bits per heavy atom. The van der Waals surface area contributed by atoms with Crippen LogP contribution in [0.15, 0.2) is 84.9 Å². The van der Waals surface area contributed by atoms with Crippen LogP contribution in [-0.4, -0.2) is 58.8 Å². The minimum atomic E-state index is -4.49. The van der Waals surface area contributed by atoms with Crippen LogP contribution in [0.25, 0.3) is 28.0 Å². The lowest BCUT2D eigenvalue weighted by Gasteiger charge is -2.39. The largest absolute Gasteiger partial charge is 0.497 e. The fraction of sp³-hybridized carbons (Fsp3) is 0.302. The highest BCUT2D eigenvalue weighted by atomic mass is 19.4. The maximum absolute atomic E-state index is 14.2. The lowest BCUT2D eigenvalue weighted by Crippen LogP contribution is -2.36. The zero-order valence-electron chi connectivity index (χ0n) is 30.0. The molecule has 8 rings (SSSR count). The number of alkyl halides is 3. The van der Waals surface area contributed by atoms with Gasteiger partial charge in [0.15, 0.2) is 5.60 Å². The van der Waals surface area contributed by atoms with Crippen molar-refractivity contribution in [1.29, 1.82) is 0 Å². The second-order valence-electron chi connectivity index (χ2n) is 14.0. The molecule has 1 aliphatic carbocycles. The zero-order valence-corrected chi connectivity index (χ0v) is 30.0. The van der Waals surface area contributed by atoms with Crippen molar-refractivity contribution in [2.75, 3.05) is 58.6 Å². The Balaban J connectivity index is 1.41. The average molecular weight is 724 g/mol. The average Bonchev–Trinajstić information content (AvgIpc) is 3.42. The number of anilines is 1. The summed E-state index contributed by atoms with van der Waals surface area (Å²) in [7, 11) is 3.26. The molecule has 7 nitrogen and oxygen atoms in total. The number of ether oxygens (including phenoxy) is 5. The fourth-order valence-corrected chi connectivity index (χ4v) is 8.17. The molecule has 5 aromatic rings. The number of benzene rings is 5. The Morgan fingerprint density at radius 2 is 1.51 bits per heavy atom. The van der Waals surface area contributed by atoms with E-state index in [0.717, 1.165) is 49.8 Å². The summed E-state index contributed by atoms with van der Waals surface area (Å²) >= 11 is 0. The molecular weight excluding hydrogens is 683 g/mol. The molecule has 5 aromatic carbocycles.